The van der Waals surface area contributed by atoms with Crippen LogP contribution in [0.3, 0.4) is 0 Å². The van der Waals surface area contributed by atoms with Crippen LogP contribution in [0.4, 0.5) is 5.69 Å². The summed E-state index contributed by atoms with van der Waals surface area (Å²) in [6.45, 7) is 6.39. The number of amides is 2. The van der Waals surface area contributed by atoms with Crippen LogP contribution in [0, 0.1) is 0 Å². The Morgan fingerprint density at radius 2 is 1.47 bits per heavy atom. The van der Waals surface area contributed by atoms with Crippen molar-refractivity contribution in [2.24, 2.45) is 0 Å². The van der Waals surface area contributed by atoms with E-state index in [1.54, 1.807) is 12.0 Å². The number of benzene rings is 3. The largest absolute Gasteiger partial charge is 0.497 e. The standard InChI is InChI=1S/C27H26N2O3/c1-26(2,3)29-23-12-8-7-11-22(23)27(25(29)31)21-10-6-5-9-20(21)24(30)28(27)17-18-13-15-19(32-4)16-14-18/h5-16H,17H2,1-4H3. The summed E-state index contributed by atoms with van der Waals surface area (Å²) in [4.78, 5) is 31.7. The average molecular weight is 427 g/mol. The van der Waals surface area contributed by atoms with Gasteiger partial charge in [-0.1, -0.05) is 48.5 Å². The number of carbonyl (C=O) groups is 2. The summed E-state index contributed by atoms with van der Waals surface area (Å²) < 4.78 is 5.28. The summed E-state index contributed by atoms with van der Waals surface area (Å²) >= 11 is 0. The maximum atomic E-state index is 14.4. The molecule has 5 heteroatoms. The lowest BCUT2D eigenvalue weighted by atomic mass is 9.83. The van der Waals surface area contributed by atoms with E-state index < -0.39 is 11.1 Å². The summed E-state index contributed by atoms with van der Waals surface area (Å²) in [6.07, 6.45) is 0. The van der Waals surface area contributed by atoms with Crippen molar-refractivity contribution in [3.8, 4) is 5.75 Å². The number of hydrogen-bond donors (Lipinski definition) is 0. The number of ether oxygens (including phenoxy) is 1. The van der Waals surface area contributed by atoms with E-state index in [4.69, 9.17) is 4.74 Å². The first-order chi connectivity index (χ1) is 15.3. The third kappa shape index (κ3) is 2.63. The Morgan fingerprint density at radius 1 is 0.844 bits per heavy atom. The second-order valence-corrected chi connectivity index (χ2v) is 9.32. The van der Waals surface area contributed by atoms with Gasteiger partial charge in [0.25, 0.3) is 11.8 Å². The molecule has 0 bridgehead atoms. The molecule has 5 nitrogen and oxygen atoms in total. The van der Waals surface area contributed by atoms with Gasteiger partial charge in [0.2, 0.25) is 0 Å². The first kappa shape index (κ1) is 20.3. The number of fused-ring (bicyclic) bond motifs is 4. The Bertz CT molecular complexity index is 1230. The first-order valence-electron chi connectivity index (χ1n) is 10.8. The fraction of sp³-hybridized carbons (Fsp3) is 0.259. The molecule has 0 saturated heterocycles. The number of para-hydroxylation sites is 1. The van der Waals surface area contributed by atoms with E-state index in [-0.39, 0.29) is 11.8 Å². The molecule has 0 N–H and O–H groups in total. The van der Waals surface area contributed by atoms with Gasteiger partial charge in [0.05, 0.1) is 12.8 Å². The molecule has 2 aliphatic rings. The molecule has 1 spiro atoms. The minimum atomic E-state index is -1.18. The Hall–Kier alpha value is -3.60. The number of hydrogen-bond acceptors (Lipinski definition) is 3. The van der Waals surface area contributed by atoms with Crippen LogP contribution in [0.15, 0.2) is 72.8 Å². The zero-order chi connectivity index (χ0) is 22.7. The maximum absolute atomic E-state index is 14.4. The molecule has 1 unspecified atom stereocenters. The van der Waals surface area contributed by atoms with Crippen molar-refractivity contribution < 1.29 is 14.3 Å². The quantitative estimate of drug-likeness (QED) is 0.608. The summed E-state index contributed by atoms with van der Waals surface area (Å²) in [5, 5.41) is 0. The molecular weight excluding hydrogens is 400 g/mol. The average Bonchev–Trinajstić information content (AvgIpc) is 3.19. The van der Waals surface area contributed by atoms with E-state index in [2.05, 4.69) is 0 Å². The SMILES string of the molecule is COc1ccc(CN2C(=O)c3ccccc3C23C(=O)N(C(C)(C)C)c2ccccc23)cc1. The van der Waals surface area contributed by atoms with Crippen molar-refractivity contribution >= 4 is 17.5 Å². The van der Waals surface area contributed by atoms with Gasteiger partial charge in [0, 0.05) is 28.8 Å². The Balaban J connectivity index is 1.75. The summed E-state index contributed by atoms with van der Waals surface area (Å²) in [6, 6.07) is 23.0. The van der Waals surface area contributed by atoms with Crippen molar-refractivity contribution in [1.82, 2.24) is 4.90 Å². The van der Waals surface area contributed by atoms with Crippen LogP contribution < -0.4 is 9.64 Å². The third-order valence-corrected chi connectivity index (χ3v) is 6.42. The van der Waals surface area contributed by atoms with E-state index in [0.717, 1.165) is 28.1 Å². The molecule has 162 valence electrons. The van der Waals surface area contributed by atoms with E-state index >= 15 is 0 Å². The predicted octanol–water partition coefficient (Wildman–Crippen LogP) is 4.74. The van der Waals surface area contributed by atoms with Crippen LogP contribution >= 0.6 is 0 Å². The summed E-state index contributed by atoms with van der Waals surface area (Å²) in [5.74, 6) is 0.536. The first-order valence-corrected chi connectivity index (χ1v) is 10.8. The van der Waals surface area contributed by atoms with Gasteiger partial charge in [-0.05, 0) is 50.6 Å². The lowest BCUT2D eigenvalue weighted by molar-refractivity contribution is -0.127. The van der Waals surface area contributed by atoms with Crippen LogP contribution in [0.5, 0.6) is 5.75 Å². The van der Waals surface area contributed by atoms with Crippen molar-refractivity contribution in [2.45, 2.75) is 38.4 Å². The molecule has 5 rings (SSSR count). The zero-order valence-electron chi connectivity index (χ0n) is 18.8. The molecule has 2 amide bonds. The number of anilines is 1. The number of nitrogens with zero attached hydrogens (tertiary/aromatic N) is 2. The van der Waals surface area contributed by atoms with Crippen molar-refractivity contribution in [2.75, 3.05) is 12.0 Å². The highest BCUT2D eigenvalue weighted by Gasteiger charge is 2.63. The number of rotatable bonds is 3. The van der Waals surface area contributed by atoms with E-state index in [1.807, 2.05) is 98.5 Å². The van der Waals surface area contributed by atoms with Crippen molar-refractivity contribution in [3.63, 3.8) is 0 Å². The highest BCUT2D eigenvalue weighted by molar-refractivity contribution is 6.17. The maximum Gasteiger partial charge on any atom is 0.262 e. The molecular formula is C27H26N2O3. The van der Waals surface area contributed by atoms with Gasteiger partial charge in [-0.2, -0.15) is 0 Å². The molecule has 0 fully saturated rings. The van der Waals surface area contributed by atoms with E-state index in [0.29, 0.717) is 12.1 Å². The van der Waals surface area contributed by atoms with Crippen molar-refractivity contribution in [3.05, 3.63) is 95.1 Å². The molecule has 0 aromatic heterocycles. The molecule has 0 aliphatic carbocycles. The molecule has 2 aliphatic heterocycles. The van der Waals surface area contributed by atoms with Gasteiger partial charge < -0.3 is 14.5 Å². The normalized spacial score (nSPS) is 19.5. The van der Waals surface area contributed by atoms with Crippen LogP contribution in [0.2, 0.25) is 0 Å². The molecule has 2 heterocycles. The van der Waals surface area contributed by atoms with Crippen LogP contribution in [-0.2, 0) is 16.9 Å². The molecule has 3 aromatic carbocycles. The lowest BCUT2D eigenvalue weighted by Crippen LogP contribution is -2.55. The fourth-order valence-electron chi connectivity index (χ4n) is 5.08. The zero-order valence-corrected chi connectivity index (χ0v) is 18.8. The summed E-state index contributed by atoms with van der Waals surface area (Å²) in [5.41, 5.74) is 2.36. The highest BCUT2D eigenvalue weighted by atomic mass is 16.5. The van der Waals surface area contributed by atoms with Crippen LogP contribution in [-0.4, -0.2) is 29.4 Å². The van der Waals surface area contributed by atoms with Gasteiger partial charge in [-0.25, -0.2) is 0 Å². The molecule has 0 radical (unpaired) electrons. The van der Waals surface area contributed by atoms with Gasteiger partial charge in [-0.15, -0.1) is 0 Å². The molecule has 0 saturated carbocycles. The minimum Gasteiger partial charge on any atom is -0.497 e. The number of carbonyl (C=O) groups excluding carboxylic acids is 2. The van der Waals surface area contributed by atoms with Crippen LogP contribution in [0.1, 0.15) is 47.8 Å². The van der Waals surface area contributed by atoms with Gasteiger partial charge in [-0.3, -0.25) is 9.59 Å². The topological polar surface area (TPSA) is 49.9 Å². The molecule has 1 atom stereocenters. The number of methoxy groups -OCH3 is 1. The van der Waals surface area contributed by atoms with E-state index in [9.17, 15) is 9.59 Å². The Kier molecular flexibility index (Phi) is 4.41. The molecule has 32 heavy (non-hydrogen) atoms. The predicted molar refractivity (Wildman–Crippen MR) is 124 cm³/mol. The van der Waals surface area contributed by atoms with Gasteiger partial charge in [0.1, 0.15) is 5.75 Å². The Morgan fingerprint density at radius 3 is 2.12 bits per heavy atom. The Labute approximate surface area is 188 Å². The van der Waals surface area contributed by atoms with E-state index in [1.165, 1.54) is 0 Å². The second kappa shape index (κ2) is 6.95. The summed E-state index contributed by atoms with van der Waals surface area (Å²) in [7, 11) is 1.62. The second-order valence-electron chi connectivity index (χ2n) is 9.32. The van der Waals surface area contributed by atoms with Crippen molar-refractivity contribution in [1.29, 1.82) is 0 Å². The smallest absolute Gasteiger partial charge is 0.262 e. The lowest BCUT2D eigenvalue weighted by Gasteiger charge is -2.38. The molecule has 3 aromatic rings. The third-order valence-electron chi connectivity index (χ3n) is 6.42. The monoisotopic (exact) mass is 426 g/mol. The fourth-order valence-corrected chi connectivity index (χ4v) is 5.08. The van der Waals surface area contributed by atoms with Crippen LogP contribution in [0.25, 0.3) is 0 Å². The minimum absolute atomic E-state index is 0.0852. The highest BCUT2D eigenvalue weighted by Crippen LogP contribution is 2.54. The van der Waals surface area contributed by atoms with Gasteiger partial charge in [0.15, 0.2) is 5.54 Å². The van der Waals surface area contributed by atoms with Gasteiger partial charge >= 0.3 is 0 Å².